The van der Waals surface area contributed by atoms with Crippen molar-refractivity contribution in [2.24, 2.45) is 28.6 Å². The maximum atomic E-state index is 13.1. The highest BCUT2D eigenvalue weighted by Crippen LogP contribution is 2.70. The van der Waals surface area contributed by atoms with Crippen LogP contribution in [-0.2, 0) is 33.3 Å². The van der Waals surface area contributed by atoms with Crippen molar-refractivity contribution in [1.82, 2.24) is 0 Å². The Morgan fingerprint density at radius 3 is 2.39 bits per heavy atom. The lowest BCUT2D eigenvalue weighted by atomic mass is 9.41. The smallest absolute Gasteiger partial charge is 0.331 e. The monoisotopic (exact) mass is 578 g/mol. The molecule has 0 radical (unpaired) electrons. The molecular formula is C31H46O10. The number of fused-ring (bicyclic) bond motifs is 5. The van der Waals surface area contributed by atoms with Crippen molar-refractivity contribution in [3.05, 3.63) is 11.6 Å². The highest BCUT2D eigenvalue weighted by Gasteiger charge is 2.71. The Morgan fingerprint density at radius 2 is 1.73 bits per heavy atom. The lowest BCUT2D eigenvalue weighted by molar-refractivity contribution is -0.323. The number of cyclic esters (lactones) is 1. The van der Waals surface area contributed by atoms with Gasteiger partial charge in [-0.3, -0.25) is 0 Å². The van der Waals surface area contributed by atoms with E-state index in [-0.39, 0.29) is 36.2 Å². The first-order chi connectivity index (χ1) is 19.5. The van der Waals surface area contributed by atoms with Gasteiger partial charge in [-0.2, -0.15) is 0 Å². The summed E-state index contributed by atoms with van der Waals surface area (Å²) in [6.45, 7) is 4.20. The highest BCUT2D eigenvalue weighted by atomic mass is 16.7. The van der Waals surface area contributed by atoms with Crippen LogP contribution in [0.15, 0.2) is 11.6 Å². The molecule has 3 N–H and O–H groups in total. The first kappa shape index (κ1) is 29.7. The normalized spacial score (nSPS) is 53.1. The predicted octanol–water partition coefficient (Wildman–Crippen LogP) is 2.06. The number of carbonyl (C=O) groups excluding carboxylic acids is 2. The molecule has 13 atom stereocenters. The third-order valence-electron chi connectivity index (χ3n) is 12.5. The first-order valence-electron chi connectivity index (χ1n) is 15.3. The number of methoxy groups -OCH3 is 2. The van der Waals surface area contributed by atoms with Crippen molar-refractivity contribution < 1.29 is 48.6 Å². The van der Waals surface area contributed by atoms with Gasteiger partial charge in [-0.15, -0.1) is 0 Å². The molecular weight excluding hydrogens is 532 g/mol. The first-order valence-corrected chi connectivity index (χ1v) is 15.3. The van der Waals surface area contributed by atoms with Gasteiger partial charge in [-0.25, -0.2) is 4.79 Å². The second kappa shape index (κ2) is 10.4. The SMILES string of the molecule is CO[C@@H]1[C@H](O[C@@H]2CC[C@]3(C=O)[C@H]4CC[C@]5(C)[C@@H](C6=CC(=O)OC6)CC[C@@]5(O)[C@@H]4CC[C@]3(O)C2)O[C@@H](C)[C@@H](O)[C@@H]1OC. The number of hydrogen-bond acceptors (Lipinski definition) is 10. The molecule has 0 aromatic heterocycles. The number of aldehydes is 1. The van der Waals surface area contributed by atoms with Crippen molar-refractivity contribution in [1.29, 1.82) is 0 Å². The Balaban J connectivity index is 1.22. The summed E-state index contributed by atoms with van der Waals surface area (Å²) in [4.78, 5) is 24.9. The fraction of sp³-hybridized carbons (Fsp3) is 0.871. The van der Waals surface area contributed by atoms with Crippen molar-refractivity contribution in [2.45, 2.75) is 120 Å². The molecule has 41 heavy (non-hydrogen) atoms. The Kier molecular flexibility index (Phi) is 7.49. The second-order valence-corrected chi connectivity index (χ2v) is 13.8. The molecule has 2 aliphatic heterocycles. The molecule has 6 rings (SSSR count). The van der Waals surface area contributed by atoms with E-state index < -0.39 is 52.7 Å². The van der Waals surface area contributed by atoms with Gasteiger partial charge in [0.25, 0.3) is 0 Å². The quantitative estimate of drug-likeness (QED) is 0.244. The van der Waals surface area contributed by atoms with Gasteiger partial charge in [0.15, 0.2) is 6.29 Å². The van der Waals surface area contributed by atoms with E-state index in [0.717, 1.165) is 31.1 Å². The van der Waals surface area contributed by atoms with Crippen molar-refractivity contribution in [3.63, 3.8) is 0 Å². The number of hydrogen-bond donors (Lipinski definition) is 3. The third-order valence-corrected chi connectivity index (χ3v) is 12.5. The average Bonchev–Trinajstić information content (AvgIpc) is 3.49. The van der Waals surface area contributed by atoms with Crippen LogP contribution in [0.3, 0.4) is 0 Å². The Labute approximate surface area is 241 Å². The molecule has 0 bridgehead atoms. The number of esters is 1. The molecule has 5 fully saturated rings. The molecule has 0 amide bonds. The van der Waals surface area contributed by atoms with Gasteiger partial charge in [0, 0.05) is 32.1 Å². The molecule has 2 heterocycles. The predicted molar refractivity (Wildman–Crippen MR) is 144 cm³/mol. The number of carbonyl (C=O) groups is 2. The van der Waals surface area contributed by atoms with Crippen molar-refractivity contribution in [2.75, 3.05) is 20.8 Å². The van der Waals surface area contributed by atoms with Crippen LogP contribution in [-0.4, -0.2) is 96.4 Å². The summed E-state index contributed by atoms with van der Waals surface area (Å²) < 4.78 is 28.7. The summed E-state index contributed by atoms with van der Waals surface area (Å²) in [5.41, 5.74) is -2.66. The molecule has 6 aliphatic rings. The molecule has 10 heteroatoms. The van der Waals surface area contributed by atoms with Crippen molar-refractivity contribution in [3.8, 4) is 0 Å². The Hall–Kier alpha value is -1.40. The minimum absolute atomic E-state index is 0.0677. The van der Waals surface area contributed by atoms with E-state index in [4.69, 9.17) is 23.7 Å². The van der Waals surface area contributed by atoms with E-state index in [1.54, 1.807) is 13.0 Å². The summed E-state index contributed by atoms with van der Waals surface area (Å²) in [7, 11) is 3.04. The molecule has 4 aliphatic carbocycles. The summed E-state index contributed by atoms with van der Waals surface area (Å²) in [5.74, 6) is -0.499. The van der Waals surface area contributed by atoms with Gasteiger partial charge in [0.1, 0.15) is 31.2 Å². The minimum Gasteiger partial charge on any atom is -0.458 e. The number of rotatable bonds is 6. The van der Waals surface area contributed by atoms with Gasteiger partial charge in [-0.05, 0) is 81.6 Å². The minimum atomic E-state index is -1.27. The summed E-state index contributed by atoms with van der Waals surface area (Å²) in [6, 6.07) is 0. The van der Waals surface area contributed by atoms with Crippen LogP contribution in [0.2, 0.25) is 0 Å². The lowest BCUT2D eigenvalue weighted by Gasteiger charge is -2.65. The largest absolute Gasteiger partial charge is 0.458 e. The van der Waals surface area contributed by atoms with Crippen LogP contribution >= 0.6 is 0 Å². The van der Waals surface area contributed by atoms with Gasteiger partial charge in [0.2, 0.25) is 0 Å². The fourth-order valence-electron chi connectivity index (χ4n) is 10.2. The topological polar surface area (TPSA) is 141 Å². The summed E-state index contributed by atoms with van der Waals surface area (Å²) in [5, 5.41) is 35.2. The highest BCUT2D eigenvalue weighted by molar-refractivity contribution is 5.85. The molecule has 0 aromatic carbocycles. The van der Waals surface area contributed by atoms with E-state index in [1.807, 2.05) is 0 Å². The van der Waals surface area contributed by atoms with E-state index in [9.17, 15) is 24.9 Å². The van der Waals surface area contributed by atoms with Gasteiger partial charge in [0.05, 0.1) is 28.8 Å². The second-order valence-electron chi connectivity index (χ2n) is 13.8. The zero-order valence-corrected chi connectivity index (χ0v) is 24.6. The van der Waals surface area contributed by atoms with E-state index in [1.165, 1.54) is 14.2 Å². The zero-order chi connectivity index (χ0) is 29.4. The lowest BCUT2D eigenvalue weighted by Crippen LogP contribution is -2.69. The van der Waals surface area contributed by atoms with Crippen molar-refractivity contribution >= 4 is 12.3 Å². The maximum absolute atomic E-state index is 13.1. The maximum Gasteiger partial charge on any atom is 0.331 e. The molecule has 0 aromatic rings. The van der Waals surface area contributed by atoms with E-state index >= 15 is 0 Å². The molecule has 0 spiro atoms. The third kappa shape index (κ3) is 4.15. The van der Waals surface area contributed by atoms with Crippen LogP contribution in [0, 0.1) is 28.6 Å². The van der Waals surface area contributed by atoms with E-state index in [2.05, 4.69) is 6.92 Å². The van der Waals surface area contributed by atoms with Gasteiger partial charge < -0.3 is 43.8 Å². The molecule has 10 nitrogen and oxygen atoms in total. The van der Waals surface area contributed by atoms with E-state index in [0.29, 0.717) is 38.7 Å². The Bertz CT molecular complexity index is 1080. The zero-order valence-electron chi connectivity index (χ0n) is 24.6. The number of aliphatic hydroxyl groups is 3. The number of aliphatic hydroxyl groups excluding tert-OH is 1. The fourth-order valence-corrected chi connectivity index (χ4v) is 10.2. The van der Waals surface area contributed by atoms with Crippen LogP contribution in [0.4, 0.5) is 0 Å². The summed E-state index contributed by atoms with van der Waals surface area (Å²) >= 11 is 0. The van der Waals surface area contributed by atoms with Gasteiger partial charge in [-0.1, -0.05) is 6.92 Å². The molecule has 4 saturated carbocycles. The molecule has 0 unspecified atom stereocenters. The van der Waals surface area contributed by atoms with Gasteiger partial charge >= 0.3 is 5.97 Å². The van der Waals surface area contributed by atoms with Crippen LogP contribution in [0.25, 0.3) is 0 Å². The van der Waals surface area contributed by atoms with Crippen LogP contribution in [0.1, 0.15) is 71.6 Å². The van der Waals surface area contributed by atoms with Crippen LogP contribution < -0.4 is 0 Å². The molecule has 230 valence electrons. The standard InChI is InChI=1S/C31H46O10/c1-17-24(34)25(37-3)26(38-4)27(40-17)41-19-5-10-29(16-32)21-6-9-28(2)20(18-13-23(33)39-15-18)8-12-31(28,36)22(21)7-11-30(29,35)14-19/h13,16-17,19-22,24-27,34-36H,5-12,14-15H2,1-4H3/t17-,19+,20+,21-,22+,24+,25-,26-,27-,28+,29-,30-,31+/m0/s1. The Morgan fingerprint density at radius 1 is 1.00 bits per heavy atom. The molecule has 1 saturated heterocycles. The average molecular weight is 579 g/mol. The number of ether oxygens (including phenoxy) is 5. The summed E-state index contributed by atoms with van der Waals surface area (Å²) in [6.07, 6.45) is 3.93. The van der Waals surface area contributed by atoms with Crippen LogP contribution in [0.5, 0.6) is 0 Å².